The maximum absolute atomic E-state index is 12.3. The average Bonchev–Trinajstić information content (AvgIpc) is 2.14. The number of esters is 1. The molecule has 0 saturated carbocycles. The van der Waals surface area contributed by atoms with Crippen molar-refractivity contribution >= 4 is 40.8 Å². The van der Waals surface area contributed by atoms with Gasteiger partial charge in [0.2, 0.25) is 0 Å². The summed E-state index contributed by atoms with van der Waals surface area (Å²) in [6, 6.07) is 0. The van der Waals surface area contributed by atoms with Gasteiger partial charge in [-0.25, -0.2) is 4.79 Å². The van der Waals surface area contributed by atoms with Crippen molar-refractivity contribution in [3.05, 3.63) is 0 Å². The van der Waals surface area contributed by atoms with Crippen LogP contribution in [0.4, 0.5) is 8.78 Å². The van der Waals surface area contributed by atoms with Crippen molar-refractivity contribution in [3.63, 3.8) is 0 Å². The molecule has 2 nitrogen and oxygen atoms in total. The Balaban J connectivity index is 4.16. The van der Waals surface area contributed by atoms with Gasteiger partial charge in [0.25, 0.3) is 0 Å². The van der Waals surface area contributed by atoms with Crippen LogP contribution >= 0.6 is 34.8 Å². The lowest BCUT2D eigenvalue weighted by molar-refractivity contribution is -0.167. The Morgan fingerprint density at radius 2 is 2.07 bits per heavy atom. The van der Waals surface area contributed by atoms with Crippen molar-refractivity contribution in [1.82, 2.24) is 0 Å². The molecular formula is C8H11Cl3F2O2. The van der Waals surface area contributed by atoms with Gasteiger partial charge >= 0.3 is 11.4 Å². The van der Waals surface area contributed by atoms with E-state index in [9.17, 15) is 13.6 Å². The quantitative estimate of drug-likeness (QED) is 0.552. The second-order valence-corrected chi connectivity index (χ2v) is 4.32. The largest absolute Gasteiger partial charge is 0.457 e. The molecule has 7 heteroatoms. The van der Waals surface area contributed by atoms with Gasteiger partial charge in [0, 0.05) is 12.3 Å². The van der Waals surface area contributed by atoms with Crippen LogP contribution in [-0.2, 0) is 9.53 Å². The number of carbonyl (C=O) groups is 1. The third-order valence-corrected chi connectivity index (χ3v) is 2.66. The third-order valence-electron chi connectivity index (χ3n) is 1.65. The van der Waals surface area contributed by atoms with Crippen molar-refractivity contribution < 1.29 is 18.3 Å². The second kappa shape index (κ2) is 6.71. The Morgan fingerprint density at radius 3 is 2.40 bits per heavy atom. The maximum Gasteiger partial charge on any atom is 0.417 e. The summed E-state index contributed by atoms with van der Waals surface area (Å²) in [7, 11) is 0. The van der Waals surface area contributed by atoms with Gasteiger partial charge in [-0.3, -0.25) is 0 Å². The van der Waals surface area contributed by atoms with E-state index in [1.54, 1.807) is 6.92 Å². The van der Waals surface area contributed by atoms with Crippen LogP contribution in [0.1, 0.15) is 19.8 Å². The lowest BCUT2D eigenvalue weighted by Crippen LogP contribution is -2.30. The van der Waals surface area contributed by atoms with Gasteiger partial charge in [-0.15, -0.1) is 23.2 Å². The predicted molar refractivity (Wildman–Crippen MR) is 55.9 cm³/mol. The first kappa shape index (κ1) is 15.2. The number of rotatable bonds is 6. The highest BCUT2D eigenvalue weighted by molar-refractivity contribution is 6.31. The molecule has 0 aromatic rings. The first-order chi connectivity index (χ1) is 6.81. The molecule has 0 rings (SSSR count). The summed E-state index contributed by atoms with van der Waals surface area (Å²) in [6.45, 7) is 1.68. The number of carbonyl (C=O) groups excluding carboxylic acids is 1. The SMILES string of the molecule is CCC(CC(Cl)CCl)OC(=O)C(F)(F)Cl. The molecule has 0 N–H and O–H groups in total. The molecule has 0 aliphatic carbocycles. The van der Waals surface area contributed by atoms with Crippen LogP contribution in [0, 0.1) is 0 Å². The highest BCUT2D eigenvalue weighted by Gasteiger charge is 2.39. The summed E-state index contributed by atoms with van der Waals surface area (Å²) in [4.78, 5) is 10.7. The van der Waals surface area contributed by atoms with E-state index in [2.05, 4.69) is 16.3 Å². The number of hydrogen-bond acceptors (Lipinski definition) is 2. The zero-order valence-corrected chi connectivity index (χ0v) is 10.3. The van der Waals surface area contributed by atoms with Gasteiger partial charge in [-0.1, -0.05) is 6.92 Å². The fourth-order valence-corrected chi connectivity index (χ4v) is 1.23. The zero-order valence-electron chi connectivity index (χ0n) is 7.98. The molecule has 0 bridgehead atoms. The maximum atomic E-state index is 12.3. The minimum atomic E-state index is -3.99. The van der Waals surface area contributed by atoms with Crippen molar-refractivity contribution in [2.45, 2.75) is 36.6 Å². The smallest absolute Gasteiger partial charge is 0.417 e. The third kappa shape index (κ3) is 6.38. The first-order valence-electron chi connectivity index (χ1n) is 4.29. The van der Waals surface area contributed by atoms with Crippen LogP contribution in [-0.4, -0.2) is 28.7 Å². The van der Waals surface area contributed by atoms with Crippen molar-refractivity contribution in [2.24, 2.45) is 0 Å². The Labute approximate surface area is 102 Å². The first-order valence-corrected chi connectivity index (χ1v) is 5.64. The van der Waals surface area contributed by atoms with Gasteiger partial charge in [0.15, 0.2) is 0 Å². The van der Waals surface area contributed by atoms with Gasteiger partial charge in [-0.05, 0) is 18.0 Å². The van der Waals surface area contributed by atoms with E-state index in [0.717, 1.165) is 0 Å². The molecule has 0 heterocycles. The molecule has 0 aromatic heterocycles. The zero-order chi connectivity index (χ0) is 12.1. The van der Waals surface area contributed by atoms with Crippen LogP contribution in [0.15, 0.2) is 0 Å². The summed E-state index contributed by atoms with van der Waals surface area (Å²) >= 11 is 15.6. The molecule has 0 radical (unpaired) electrons. The molecule has 0 saturated heterocycles. The fourth-order valence-electron chi connectivity index (χ4n) is 0.865. The molecule has 0 aliphatic rings. The van der Waals surface area contributed by atoms with Crippen molar-refractivity contribution in [2.75, 3.05) is 5.88 Å². The fraction of sp³-hybridized carbons (Fsp3) is 0.875. The number of hydrogen-bond donors (Lipinski definition) is 0. The van der Waals surface area contributed by atoms with Gasteiger partial charge < -0.3 is 4.74 Å². The molecular weight excluding hydrogens is 272 g/mol. The van der Waals surface area contributed by atoms with Crippen LogP contribution in [0.3, 0.4) is 0 Å². The lowest BCUT2D eigenvalue weighted by Gasteiger charge is -2.19. The minimum Gasteiger partial charge on any atom is -0.457 e. The molecule has 0 aliphatic heterocycles. The van der Waals surface area contributed by atoms with E-state index in [1.165, 1.54) is 0 Å². The molecule has 0 fully saturated rings. The molecule has 2 atom stereocenters. The van der Waals surface area contributed by atoms with E-state index in [4.69, 9.17) is 23.2 Å². The van der Waals surface area contributed by atoms with E-state index in [1.807, 2.05) is 0 Å². The average molecular weight is 284 g/mol. The Hall–Kier alpha value is 0.200. The van der Waals surface area contributed by atoms with E-state index in [-0.39, 0.29) is 12.3 Å². The second-order valence-electron chi connectivity index (χ2n) is 2.92. The molecule has 90 valence electrons. The summed E-state index contributed by atoms with van der Waals surface area (Å²) in [5, 5.41) is -4.41. The molecule has 15 heavy (non-hydrogen) atoms. The number of ether oxygens (including phenoxy) is 1. The van der Waals surface area contributed by atoms with E-state index >= 15 is 0 Å². The van der Waals surface area contributed by atoms with Gasteiger partial charge in [0.05, 0.1) is 5.38 Å². The lowest BCUT2D eigenvalue weighted by atomic mass is 10.1. The van der Waals surface area contributed by atoms with Crippen LogP contribution in [0.2, 0.25) is 0 Å². The van der Waals surface area contributed by atoms with Crippen molar-refractivity contribution in [1.29, 1.82) is 0 Å². The van der Waals surface area contributed by atoms with Crippen LogP contribution in [0.5, 0.6) is 0 Å². The summed E-state index contributed by atoms with van der Waals surface area (Å²) in [5.41, 5.74) is 0. The topological polar surface area (TPSA) is 26.3 Å². The highest BCUT2D eigenvalue weighted by Crippen LogP contribution is 2.23. The predicted octanol–water partition coefficient (Wildman–Crippen LogP) is 3.38. The monoisotopic (exact) mass is 282 g/mol. The molecule has 0 spiro atoms. The normalized spacial score (nSPS) is 15.9. The van der Waals surface area contributed by atoms with E-state index < -0.39 is 22.8 Å². The summed E-state index contributed by atoms with van der Waals surface area (Å²) < 4.78 is 29.0. The Bertz CT molecular complexity index is 209. The van der Waals surface area contributed by atoms with E-state index in [0.29, 0.717) is 6.42 Å². The summed E-state index contributed by atoms with van der Waals surface area (Å²) in [6.07, 6.45) is -0.0950. The number of halogens is 5. The van der Waals surface area contributed by atoms with Crippen LogP contribution < -0.4 is 0 Å². The standard InChI is InChI=1S/C8H11Cl3F2O2/c1-2-6(3-5(10)4-9)15-7(14)8(11,12)13/h5-6H,2-4H2,1H3. The van der Waals surface area contributed by atoms with Gasteiger partial charge in [0.1, 0.15) is 6.10 Å². The Kier molecular flexibility index (Phi) is 6.80. The Morgan fingerprint density at radius 1 is 1.53 bits per heavy atom. The molecule has 0 aromatic carbocycles. The van der Waals surface area contributed by atoms with Crippen molar-refractivity contribution in [3.8, 4) is 0 Å². The highest BCUT2D eigenvalue weighted by atomic mass is 35.5. The van der Waals surface area contributed by atoms with Gasteiger partial charge in [-0.2, -0.15) is 8.78 Å². The minimum absolute atomic E-state index is 0.160. The summed E-state index contributed by atoms with van der Waals surface area (Å²) in [5.74, 6) is -1.60. The molecule has 2 unspecified atom stereocenters. The molecule has 0 amide bonds. The number of alkyl halides is 5. The van der Waals surface area contributed by atoms with Crippen LogP contribution in [0.25, 0.3) is 0 Å².